The molecule has 0 aliphatic carbocycles. The Kier molecular flexibility index (Phi) is 8.20. The molecule has 1 rings (SSSR count). The van der Waals surface area contributed by atoms with E-state index in [-0.39, 0.29) is 0 Å². The van der Waals surface area contributed by atoms with Crippen molar-refractivity contribution in [3.63, 3.8) is 0 Å². The molecule has 0 saturated heterocycles. The second-order valence-corrected chi connectivity index (χ2v) is 4.82. The number of nitrogens with one attached hydrogen (secondary N) is 2. The minimum atomic E-state index is 0.433. The number of rotatable bonds is 7. The highest BCUT2D eigenvalue weighted by atomic mass is 15.2. The van der Waals surface area contributed by atoms with Crippen LogP contribution in [0.3, 0.4) is 0 Å². The molecule has 110 valence electrons. The standard InChI is InChI=1S/C17H27N3/c1-4-6-10-13-19-17(18-5-2)20-14-15(3)16-11-8-7-9-12-16/h4,6-9,11-12,15H,5,10,13-14H2,1-3H3,(H2,18,19,20)/b6-4+. The van der Waals surface area contributed by atoms with Crippen LogP contribution in [0.25, 0.3) is 0 Å². The van der Waals surface area contributed by atoms with Crippen LogP contribution in [0.4, 0.5) is 0 Å². The lowest BCUT2D eigenvalue weighted by Crippen LogP contribution is -2.38. The molecule has 20 heavy (non-hydrogen) atoms. The van der Waals surface area contributed by atoms with Gasteiger partial charge in [0, 0.05) is 25.6 Å². The third-order valence-corrected chi connectivity index (χ3v) is 3.08. The van der Waals surface area contributed by atoms with Crippen LogP contribution < -0.4 is 10.6 Å². The van der Waals surface area contributed by atoms with Gasteiger partial charge in [-0.25, -0.2) is 0 Å². The van der Waals surface area contributed by atoms with Crippen molar-refractivity contribution in [2.24, 2.45) is 4.99 Å². The second-order valence-electron chi connectivity index (χ2n) is 4.82. The van der Waals surface area contributed by atoms with E-state index in [1.807, 2.05) is 13.0 Å². The molecule has 1 unspecified atom stereocenters. The van der Waals surface area contributed by atoms with Crippen LogP contribution in [0.1, 0.15) is 38.7 Å². The van der Waals surface area contributed by atoms with Crippen LogP contribution >= 0.6 is 0 Å². The first-order valence-electron chi connectivity index (χ1n) is 7.46. The van der Waals surface area contributed by atoms with Gasteiger partial charge >= 0.3 is 0 Å². The molecule has 0 fully saturated rings. The normalized spacial score (nSPS) is 13.4. The van der Waals surface area contributed by atoms with Gasteiger partial charge in [0.25, 0.3) is 0 Å². The topological polar surface area (TPSA) is 36.4 Å². The Morgan fingerprint density at radius 3 is 2.65 bits per heavy atom. The van der Waals surface area contributed by atoms with Gasteiger partial charge in [0.05, 0.1) is 0 Å². The summed E-state index contributed by atoms with van der Waals surface area (Å²) in [5.74, 6) is 1.34. The Balaban J connectivity index is 2.49. The Morgan fingerprint density at radius 1 is 1.25 bits per heavy atom. The lowest BCUT2D eigenvalue weighted by molar-refractivity contribution is 0.748. The van der Waals surface area contributed by atoms with Crippen LogP contribution in [-0.2, 0) is 0 Å². The van der Waals surface area contributed by atoms with E-state index in [0.29, 0.717) is 5.92 Å². The summed E-state index contributed by atoms with van der Waals surface area (Å²) in [6, 6.07) is 10.5. The van der Waals surface area contributed by atoms with Gasteiger partial charge in [0.15, 0.2) is 5.96 Å². The summed E-state index contributed by atoms with van der Waals surface area (Å²) in [5, 5.41) is 6.63. The SMILES string of the molecule is C/C=C/CCNC(=NCC(C)c1ccccc1)NCC. The summed E-state index contributed by atoms with van der Waals surface area (Å²) in [7, 11) is 0. The molecule has 1 atom stereocenters. The zero-order valence-corrected chi connectivity index (χ0v) is 12.9. The van der Waals surface area contributed by atoms with Crippen molar-refractivity contribution in [2.45, 2.75) is 33.1 Å². The molecule has 0 heterocycles. The van der Waals surface area contributed by atoms with Crippen molar-refractivity contribution < 1.29 is 0 Å². The van der Waals surface area contributed by atoms with Gasteiger partial charge in [0.2, 0.25) is 0 Å². The molecule has 2 N–H and O–H groups in total. The number of allylic oxidation sites excluding steroid dienone is 1. The summed E-state index contributed by atoms with van der Waals surface area (Å²) in [5.41, 5.74) is 1.33. The summed E-state index contributed by atoms with van der Waals surface area (Å²) >= 11 is 0. The number of benzene rings is 1. The summed E-state index contributed by atoms with van der Waals surface area (Å²) in [6.07, 6.45) is 5.25. The molecule has 0 aliphatic rings. The molecule has 0 bridgehead atoms. The quantitative estimate of drug-likeness (QED) is 0.346. The molecule has 0 amide bonds. The highest BCUT2D eigenvalue weighted by molar-refractivity contribution is 5.79. The third-order valence-electron chi connectivity index (χ3n) is 3.08. The highest BCUT2D eigenvalue weighted by Gasteiger charge is 2.04. The summed E-state index contributed by atoms with van der Waals surface area (Å²) in [6.45, 7) is 8.93. The fourth-order valence-corrected chi connectivity index (χ4v) is 1.90. The van der Waals surface area contributed by atoms with E-state index in [2.05, 4.69) is 65.9 Å². The molecular weight excluding hydrogens is 246 g/mol. The first-order chi connectivity index (χ1) is 9.77. The molecule has 0 radical (unpaired) electrons. The van der Waals surface area contributed by atoms with Gasteiger partial charge in [-0.1, -0.05) is 49.4 Å². The van der Waals surface area contributed by atoms with Crippen LogP contribution in [-0.4, -0.2) is 25.6 Å². The van der Waals surface area contributed by atoms with Gasteiger partial charge in [-0.05, 0) is 25.8 Å². The second kappa shape index (κ2) is 10.1. The first kappa shape index (κ1) is 16.3. The molecule has 1 aromatic carbocycles. The maximum absolute atomic E-state index is 4.66. The van der Waals surface area contributed by atoms with Crippen molar-refractivity contribution in [3.8, 4) is 0 Å². The maximum Gasteiger partial charge on any atom is 0.191 e. The van der Waals surface area contributed by atoms with Crippen molar-refractivity contribution in [3.05, 3.63) is 48.0 Å². The molecular formula is C17H27N3. The van der Waals surface area contributed by atoms with E-state index in [1.54, 1.807) is 0 Å². The van der Waals surface area contributed by atoms with Gasteiger partial charge in [-0.15, -0.1) is 0 Å². The van der Waals surface area contributed by atoms with Crippen LogP contribution in [0.5, 0.6) is 0 Å². The van der Waals surface area contributed by atoms with E-state index < -0.39 is 0 Å². The molecule has 1 aromatic rings. The van der Waals surface area contributed by atoms with Crippen LogP contribution in [0, 0.1) is 0 Å². The van der Waals surface area contributed by atoms with Crippen molar-refractivity contribution in [1.82, 2.24) is 10.6 Å². The molecule has 3 nitrogen and oxygen atoms in total. The van der Waals surface area contributed by atoms with Gasteiger partial charge in [-0.3, -0.25) is 4.99 Å². The van der Waals surface area contributed by atoms with Gasteiger partial charge < -0.3 is 10.6 Å². The minimum absolute atomic E-state index is 0.433. The van der Waals surface area contributed by atoms with E-state index in [4.69, 9.17) is 0 Å². The monoisotopic (exact) mass is 273 g/mol. The van der Waals surface area contributed by atoms with E-state index in [0.717, 1.165) is 32.0 Å². The minimum Gasteiger partial charge on any atom is -0.357 e. The number of guanidine groups is 1. The van der Waals surface area contributed by atoms with Crippen molar-refractivity contribution >= 4 is 5.96 Å². The number of nitrogens with zero attached hydrogens (tertiary/aromatic N) is 1. The zero-order valence-electron chi connectivity index (χ0n) is 12.9. The predicted octanol–water partition coefficient (Wildman–Crippen LogP) is 3.31. The zero-order chi connectivity index (χ0) is 14.6. The Bertz CT molecular complexity index is 410. The molecule has 3 heteroatoms. The van der Waals surface area contributed by atoms with E-state index in [1.165, 1.54) is 5.56 Å². The van der Waals surface area contributed by atoms with Crippen LogP contribution in [0.15, 0.2) is 47.5 Å². The fourth-order valence-electron chi connectivity index (χ4n) is 1.90. The molecule has 0 spiro atoms. The predicted molar refractivity (Wildman–Crippen MR) is 88.3 cm³/mol. The Labute approximate surface area is 123 Å². The molecule has 0 aromatic heterocycles. The average Bonchev–Trinajstić information content (AvgIpc) is 2.49. The van der Waals surface area contributed by atoms with E-state index >= 15 is 0 Å². The van der Waals surface area contributed by atoms with Gasteiger partial charge in [-0.2, -0.15) is 0 Å². The molecule has 0 aliphatic heterocycles. The number of aliphatic imine (C=N–C) groups is 1. The smallest absolute Gasteiger partial charge is 0.191 e. The maximum atomic E-state index is 4.66. The van der Waals surface area contributed by atoms with Gasteiger partial charge in [0.1, 0.15) is 0 Å². The molecule has 0 saturated carbocycles. The largest absolute Gasteiger partial charge is 0.357 e. The lowest BCUT2D eigenvalue weighted by Gasteiger charge is -2.13. The summed E-state index contributed by atoms with van der Waals surface area (Å²) in [4.78, 5) is 4.66. The fraction of sp³-hybridized carbons (Fsp3) is 0.471. The summed E-state index contributed by atoms with van der Waals surface area (Å²) < 4.78 is 0. The number of hydrogen-bond donors (Lipinski definition) is 2. The van der Waals surface area contributed by atoms with E-state index in [9.17, 15) is 0 Å². The van der Waals surface area contributed by atoms with Crippen molar-refractivity contribution in [2.75, 3.05) is 19.6 Å². The van der Waals surface area contributed by atoms with Crippen molar-refractivity contribution in [1.29, 1.82) is 0 Å². The Hall–Kier alpha value is -1.77. The third kappa shape index (κ3) is 6.41. The average molecular weight is 273 g/mol. The first-order valence-corrected chi connectivity index (χ1v) is 7.46. The lowest BCUT2D eigenvalue weighted by atomic mass is 10.0. The Morgan fingerprint density at radius 2 is 2.00 bits per heavy atom. The number of hydrogen-bond acceptors (Lipinski definition) is 1. The highest BCUT2D eigenvalue weighted by Crippen LogP contribution is 2.14. The van der Waals surface area contributed by atoms with Crippen LogP contribution in [0.2, 0.25) is 0 Å².